The Bertz CT molecular complexity index is 1070. The van der Waals surface area contributed by atoms with Gasteiger partial charge in [0, 0.05) is 12.5 Å². The van der Waals surface area contributed by atoms with Crippen LogP contribution in [0.4, 0.5) is 16.2 Å². The van der Waals surface area contributed by atoms with E-state index in [4.69, 9.17) is 0 Å². The van der Waals surface area contributed by atoms with Crippen molar-refractivity contribution in [2.45, 2.75) is 44.7 Å². The number of benzene rings is 2. The zero-order chi connectivity index (χ0) is 22.9. The number of nitrogens with zero attached hydrogens (tertiary/aromatic N) is 2. The van der Waals surface area contributed by atoms with Gasteiger partial charge in [-0.2, -0.15) is 0 Å². The van der Waals surface area contributed by atoms with E-state index in [0.717, 1.165) is 10.5 Å². The highest BCUT2D eigenvalue weighted by Crippen LogP contribution is 2.32. The Morgan fingerprint density at radius 2 is 1.75 bits per heavy atom. The van der Waals surface area contributed by atoms with Crippen molar-refractivity contribution in [2.75, 3.05) is 16.8 Å². The van der Waals surface area contributed by atoms with Crippen LogP contribution in [0.15, 0.2) is 54.6 Å². The van der Waals surface area contributed by atoms with Gasteiger partial charge in [-0.15, -0.1) is 0 Å². The summed E-state index contributed by atoms with van der Waals surface area (Å²) in [5.74, 6) is -1.03. The lowest BCUT2D eigenvalue weighted by atomic mass is 9.93. The van der Waals surface area contributed by atoms with E-state index in [-0.39, 0.29) is 12.3 Å². The lowest BCUT2D eigenvalue weighted by Crippen LogP contribution is -2.48. The molecule has 32 heavy (non-hydrogen) atoms. The normalized spacial score (nSPS) is 22.8. The van der Waals surface area contributed by atoms with Crippen LogP contribution in [0.2, 0.25) is 0 Å². The van der Waals surface area contributed by atoms with E-state index in [0.29, 0.717) is 24.2 Å². The average molecular weight is 434 g/mol. The highest BCUT2D eigenvalue weighted by atomic mass is 16.2. The number of para-hydroxylation sites is 2. The number of rotatable bonds is 5. The third-order valence-corrected chi connectivity index (χ3v) is 6.02. The van der Waals surface area contributed by atoms with E-state index < -0.39 is 36.0 Å². The number of carbonyl (C=O) groups excluding carboxylic acids is 4. The van der Waals surface area contributed by atoms with Crippen LogP contribution in [-0.4, -0.2) is 46.8 Å². The fourth-order valence-corrected chi connectivity index (χ4v) is 4.28. The molecule has 2 heterocycles. The van der Waals surface area contributed by atoms with Crippen LogP contribution in [0.3, 0.4) is 0 Å². The summed E-state index contributed by atoms with van der Waals surface area (Å²) in [6.07, 6.45) is 1.17. The Balaban J connectivity index is 1.51. The van der Waals surface area contributed by atoms with Gasteiger partial charge in [-0.3, -0.25) is 19.3 Å². The van der Waals surface area contributed by atoms with Gasteiger partial charge in [-0.1, -0.05) is 42.5 Å². The lowest BCUT2D eigenvalue weighted by molar-refractivity contribution is -0.134. The first-order chi connectivity index (χ1) is 15.3. The van der Waals surface area contributed by atoms with Crippen LogP contribution in [0.25, 0.3) is 0 Å². The van der Waals surface area contributed by atoms with Gasteiger partial charge >= 0.3 is 6.03 Å². The van der Waals surface area contributed by atoms with Crippen molar-refractivity contribution in [3.8, 4) is 0 Å². The van der Waals surface area contributed by atoms with Crippen molar-refractivity contribution >= 4 is 35.1 Å². The number of hydrogen-bond donors (Lipinski definition) is 2. The summed E-state index contributed by atoms with van der Waals surface area (Å²) in [4.78, 5) is 53.7. The minimum absolute atomic E-state index is 0.120. The molecule has 8 heteroatoms. The second-order valence-electron chi connectivity index (χ2n) is 8.52. The quantitative estimate of drug-likeness (QED) is 0.707. The summed E-state index contributed by atoms with van der Waals surface area (Å²) >= 11 is 0. The lowest BCUT2D eigenvalue weighted by Gasteiger charge is -2.29. The fourth-order valence-electron chi connectivity index (χ4n) is 4.28. The van der Waals surface area contributed by atoms with Crippen molar-refractivity contribution in [1.82, 2.24) is 10.2 Å². The molecule has 0 aliphatic carbocycles. The molecule has 0 bridgehead atoms. The minimum atomic E-state index is -1.08. The van der Waals surface area contributed by atoms with Crippen molar-refractivity contribution < 1.29 is 19.2 Å². The van der Waals surface area contributed by atoms with Gasteiger partial charge in [0.2, 0.25) is 11.8 Å². The Hall–Kier alpha value is -3.68. The SMILES string of the molecule is C[C@H]1CC(=O)Nc2ccccc2N1C(=O)CN1C(=O)N[C@](C)(CCc2ccccc2)C1=O. The summed E-state index contributed by atoms with van der Waals surface area (Å²) in [5, 5.41) is 5.56. The van der Waals surface area contributed by atoms with Crippen LogP contribution in [-0.2, 0) is 20.8 Å². The van der Waals surface area contributed by atoms with Crippen LogP contribution in [0.1, 0.15) is 32.3 Å². The molecule has 0 saturated carbocycles. The maximum absolute atomic E-state index is 13.3. The molecule has 2 aliphatic rings. The van der Waals surface area contributed by atoms with Gasteiger partial charge in [0.25, 0.3) is 5.91 Å². The van der Waals surface area contributed by atoms with E-state index >= 15 is 0 Å². The Morgan fingerprint density at radius 1 is 1.06 bits per heavy atom. The number of aryl methyl sites for hydroxylation is 1. The third kappa shape index (κ3) is 4.08. The first kappa shape index (κ1) is 21.5. The molecular formula is C24H26N4O4. The zero-order valence-corrected chi connectivity index (χ0v) is 18.1. The molecule has 2 aromatic carbocycles. The van der Waals surface area contributed by atoms with Crippen LogP contribution >= 0.6 is 0 Å². The molecule has 2 aromatic rings. The summed E-state index contributed by atoms with van der Waals surface area (Å²) < 4.78 is 0. The van der Waals surface area contributed by atoms with E-state index in [1.54, 1.807) is 38.1 Å². The summed E-state index contributed by atoms with van der Waals surface area (Å²) in [6, 6.07) is 15.7. The maximum Gasteiger partial charge on any atom is 0.325 e. The van der Waals surface area contributed by atoms with Crippen molar-refractivity contribution in [3.63, 3.8) is 0 Å². The number of carbonyl (C=O) groups is 4. The van der Waals surface area contributed by atoms with Crippen LogP contribution in [0, 0.1) is 0 Å². The first-order valence-electron chi connectivity index (χ1n) is 10.7. The van der Waals surface area contributed by atoms with Crippen molar-refractivity contribution in [2.24, 2.45) is 0 Å². The van der Waals surface area contributed by atoms with Gasteiger partial charge in [0.05, 0.1) is 11.4 Å². The highest BCUT2D eigenvalue weighted by molar-refractivity contribution is 6.11. The third-order valence-electron chi connectivity index (χ3n) is 6.02. The summed E-state index contributed by atoms with van der Waals surface area (Å²) in [6.45, 7) is 3.07. The Kier molecular flexibility index (Phi) is 5.69. The van der Waals surface area contributed by atoms with Gasteiger partial charge in [-0.25, -0.2) is 4.79 Å². The number of hydrogen-bond acceptors (Lipinski definition) is 4. The second kappa shape index (κ2) is 8.45. The standard InChI is InChI=1S/C24H26N4O4/c1-16-14-20(29)25-18-10-6-7-11-19(18)28(16)21(30)15-27-22(31)24(2,26-23(27)32)13-12-17-8-4-3-5-9-17/h3-11,16H,12-15H2,1-2H3,(H,25,29)(H,26,32)/t16-,24+/m0/s1. The monoisotopic (exact) mass is 434 g/mol. The first-order valence-corrected chi connectivity index (χ1v) is 10.7. The largest absolute Gasteiger partial charge is 0.325 e. The average Bonchev–Trinajstić information content (AvgIpc) is 2.89. The van der Waals surface area contributed by atoms with Gasteiger partial charge < -0.3 is 15.5 Å². The van der Waals surface area contributed by atoms with E-state index in [2.05, 4.69) is 10.6 Å². The predicted octanol–water partition coefficient (Wildman–Crippen LogP) is 2.69. The molecule has 166 valence electrons. The van der Waals surface area contributed by atoms with Gasteiger partial charge in [0.15, 0.2) is 0 Å². The number of amides is 5. The molecule has 1 saturated heterocycles. The van der Waals surface area contributed by atoms with E-state index in [9.17, 15) is 19.2 Å². The number of anilines is 2. The van der Waals surface area contributed by atoms with Crippen LogP contribution < -0.4 is 15.5 Å². The topological polar surface area (TPSA) is 98.8 Å². The number of nitrogens with one attached hydrogen (secondary N) is 2. The summed E-state index contributed by atoms with van der Waals surface area (Å²) in [5.41, 5.74) is 1.07. The fraction of sp³-hybridized carbons (Fsp3) is 0.333. The Morgan fingerprint density at radius 3 is 2.50 bits per heavy atom. The number of fused-ring (bicyclic) bond motifs is 1. The number of imide groups is 1. The minimum Gasteiger partial charge on any atom is -0.324 e. The molecule has 2 N–H and O–H groups in total. The molecule has 0 spiro atoms. The molecule has 1 fully saturated rings. The van der Waals surface area contributed by atoms with E-state index in [1.807, 2.05) is 30.3 Å². The molecule has 0 radical (unpaired) electrons. The summed E-state index contributed by atoms with van der Waals surface area (Å²) in [7, 11) is 0. The van der Waals surface area contributed by atoms with Crippen LogP contribution in [0.5, 0.6) is 0 Å². The van der Waals surface area contributed by atoms with E-state index in [1.165, 1.54) is 4.90 Å². The molecule has 5 amide bonds. The maximum atomic E-state index is 13.3. The Labute approximate surface area is 186 Å². The molecule has 8 nitrogen and oxygen atoms in total. The van der Waals surface area contributed by atoms with Crippen molar-refractivity contribution in [3.05, 3.63) is 60.2 Å². The molecule has 2 aliphatic heterocycles. The predicted molar refractivity (Wildman–Crippen MR) is 120 cm³/mol. The zero-order valence-electron chi connectivity index (χ0n) is 18.1. The highest BCUT2D eigenvalue weighted by Gasteiger charge is 2.48. The molecule has 0 aromatic heterocycles. The smallest absolute Gasteiger partial charge is 0.324 e. The molecular weight excluding hydrogens is 408 g/mol. The second-order valence-corrected chi connectivity index (χ2v) is 8.52. The molecule has 2 atom stereocenters. The van der Waals surface area contributed by atoms with Crippen molar-refractivity contribution in [1.29, 1.82) is 0 Å². The van der Waals surface area contributed by atoms with Gasteiger partial charge in [-0.05, 0) is 44.4 Å². The molecule has 4 rings (SSSR count). The molecule has 0 unspecified atom stereocenters. The van der Waals surface area contributed by atoms with Gasteiger partial charge in [0.1, 0.15) is 12.1 Å². The number of urea groups is 1.